The van der Waals surface area contributed by atoms with E-state index in [-0.39, 0.29) is 37.6 Å². The zero-order valence-corrected chi connectivity index (χ0v) is 17.1. The second-order valence-corrected chi connectivity index (χ2v) is 7.80. The smallest absolute Gasteiger partial charge is 0.322 e. The normalized spacial score (nSPS) is 23.1. The van der Waals surface area contributed by atoms with E-state index >= 15 is 0 Å². The molecule has 4 amide bonds. The number of halogens is 1. The Balaban J connectivity index is 1.53. The van der Waals surface area contributed by atoms with E-state index in [0.29, 0.717) is 30.0 Å². The summed E-state index contributed by atoms with van der Waals surface area (Å²) in [4.78, 5) is 41.2. The van der Waals surface area contributed by atoms with Crippen LogP contribution in [0.4, 0.5) is 9.18 Å². The van der Waals surface area contributed by atoms with Gasteiger partial charge in [0.2, 0.25) is 5.91 Å². The van der Waals surface area contributed by atoms with E-state index in [2.05, 4.69) is 17.2 Å². The molecule has 2 N–H and O–H groups in total. The van der Waals surface area contributed by atoms with Crippen molar-refractivity contribution in [2.45, 2.75) is 25.0 Å². The standard InChI is InChI=1S/C22H25FN4O4/c1-2-8-27-17-12-26(13-18(28)24-11-16-7-4-9-31-16)21(29)19(17)20(25-22(27)30)14-5-3-6-15(23)10-14/h2-3,5-6,10,16,20H,1,4,7-9,11-13H2,(H,24,28)(H,25,30)/t16-,20+/m1/s1. The third-order valence-electron chi connectivity index (χ3n) is 5.68. The van der Waals surface area contributed by atoms with E-state index in [1.807, 2.05) is 0 Å². The summed E-state index contributed by atoms with van der Waals surface area (Å²) < 4.78 is 19.3. The van der Waals surface area contributed by atoms with Crippen molar-refractivity contribution in [3.8, 4) is 0 Å². The van der Waals surface area contributed by atoms with Gasteiger partial charge in [-0.3, -0.25) is 14.5 Å². The highest BCUT2D eigenvalue weighted by atomic mass is 19.1. The summed E-state index contributed by atoms with van der Waals surface area (Å²) in [5.41, 5.74) is 1.32. The van der Waals surface area contributed by atoms with Crippen LogP contribution >= 0.6 is 0 Å². The predicted molar refractivity (Wildman–Crippen MR) is 110 cm³/mol. The number of benzene rings is 1. The van der Waals surface area contributed by atoms with E-state index in [9.17, 15) is 18.8 Å². The fraction of sp³-hybridized carbons (Fsp3) is 0.409. The van der Waals surface area contributed by atoms with Crippen molar-refractivity contribution in [2.75, 3.05) is 32.8 Å². The highest BCUT2D eigenvalue weighted by molar-refractivity contribution is 6.03. The van der Waals surface area contributed by atoms with Crippen LogP contribution in [-0.2, 0) is 14.3 Å². The van der Waals surface area contributed by atoms with Gasteiger partial charge in [-0.1, -0.05) is 18.2 Å². The van der Waals surface area contributed by atoms with Crippen LogP contribution in [-0.4, -0.2) is 66.5 Å². The van der Waals surface area contributed by atoms with Gasteiger partial charge in [0.15, 0.2) is 0 Å². The molecule has 0 spiro atoms. The van der Waals surface area contributed by atoms with Gasteiger partial charge in [-0.15, -0.1) is 6.58 Å². The van der Waals surface area contributed by atoms with E-state index < -0.39 is 17.9 Å². The SMILES string of the molecule is C=CCN1C(=O)N[C@@H](c2cccc(F)c2)C2=C1CN(CC(=O)NC[C@H]1CCCO1)C2=O. The second-order valence-electron chi connectivity index (χ2n) is 7.80. The Kier molecular flexibility index (Phi) is 6.03. The fourth-order valence-corrected chi connectivity index (χ4v) is 4.20. The number of urea groups is 1. The number of carbonyl (C=O) groups excluding carboxylic acids is 3. The van der Waals surface area contributed by atoms with E-state index in [1.165, 1.54) is 28.0 Å². The quantitative estimate of drug-likeness (QED) is 0.644. The van der Waals surface area contributed by atoms with Gasteiger partial charge in [-0.05, 0) is 30.5 Å². The maximum Gasteiger partial charge on any atom is 0.322 e. The highest BCUT2D eigenvalue weighted by Gasteiger charge is 2.44. The summed E-state index contributed by atoms with van der Waals surface area (Å²) in [5, 5.41) is 5.59. The first-order valence-electron chi connectivity index (χ1n) is 10.3. The summed E-state index contributed by atoms with van der Waals surface area (Å²) >= 11 is 0. The van der Waals surface area contributed by atoms with Crippen LogP contribution in [0.1, 0.15) is 24.4 Å². The zero-order valence-electron chi connectivity index (χ0n) is 17.1. The van der Waals surface area contributed by atoms with E-state index in [4.69, 9.17) is 4.74 Å². The van der Waals surface area contributed by atoms with Crippen LogP contribution in [0.15, 0.2) is 48.2 Å². The van der Waals surface area contributed by atoms with Gasteiger partial charge in [0.05, 0.1) is 30.0 Å². The number of hydrogen-bond acceptors (Lipinski definition) is 4. The maximum atomic E-state index is 13.8. The Labute approximate surface area is 179 Å². The van der Waals surface area contributed by atoms with E-state index in [1.54, 1.807) is 12.1 Å². The monoisotopic (exact) mass is 428 g/mol. The summed E-state index contributed by atoms with van der Waals surface area (Å²) in [6.07, 6.45) is 3.45. The highest BCUT2D eigenvalue weighted by Crippen LogP contribution is 2.36. The number of nitrogens with zero attached hydrogens (tertiary/aromatic N) is 2. The molecular formula is C22H25FN4O4. The van der Waals surface area contributed by atoms with Crippen LogP contribution in [0.5, 0.6) is 0 Å². The summed E-state index contributed by atoms with van der Waals surface area (Å²) in [7, 11) is 0. The minimum atomic E-state index is -0.785. The van der Waals surface area contributed by atoms with Crippen molar-refractivity contribution < 1.29 is 23.5 Å². The molecule has 0 unspecified atom stereocenters. The number of hydrogen-bond donors (Lipinski definition) is 2. The Morgan fingerprint density at radius 1 is 1.39 bits per heavy atom. The third kappa shape index (κ3) is 4.32. The van der Waals surface area contributed by atoms with Crippen LogP contribution < -0.4 is 10.6 Å². The molecule has 1 aromatic rings. The molecular weight excluding hydrogens is 403 g/mol. The molecule has 0 saturated carbocycles. The third-order valence-corrected chi connectivity index (χ3v) is 5.68. The number of ether oxygens (including phenoxy) is 1. The second kappa shape index (κ2) is 8.89. The Morgan fingerprint density at radius 3 is 2.94 bits per heavy atom. The largest absolute Gasteiger partial charge is 0.376 e. The molecule has 1 fully saturated rings. The first-order chi connectivity index (χ1) is 15.0. The molecule has 31 heavy (non-hydrogen) atoms. The Bertz CT molecular complexity index is 941. The zero-order chi connectivity index (χ0) is 22.0. The maximum absolute atomic E-state index is 13.8. The number of amides is 4. The van der Waals surface area contributed by atoms with Gasteiger partial charge < -0.3 is 20.3 Å². The van der Waals surface area contributed by atoms with Gasteiger partial charge in [0.25, 0.3) is 5.91 Å². The van der Waals surface area contributed by atoms with Crippen LogP contribution in [0.2, 0.25) is 0 Å². The van der Waals surface area contributed by atoms with Crippen molar-refractivity contribution >= 4 is 17.8 Å². The molecule has 0 aliphatic carbocycles. The molecule has 3 aliphatic rings. The first kappa shape index (κ1) is 21.0. The lowest BCUT2D eigenvalue weighted by molar-refractivity contribution is -0.132. The average Bonchev–Trinajstić information content (AvgIpc) is 3.37. The summed E-state index contributed by atoms with van der Waals surface area (Å²) in [5.74, 6) is -1.11. The molecule has 1 aromatic carbocycles. The summed E-state index contributed by atoms with van der Waals surface area (Å²) in [6.45, 7) is 4.98. The molecule has 1 saturated heterocycles. The lowest BCUT2D eigenvalue weighted by Gasteiger charge is -2.33. The molecule has 0 radical (unpaired) electrons. The number of nitrogens with one attached hydrogen (secondary N) is 2. The van der Waals surface area contributed by atoms with Crippen molar-refractivity contribution in [2.24, 2.45) is 0 Å². The van der Waals surface area contributed by atoms with Crippen molar-refractivity contribution in [3.05, 3.63) is 59.6 Å². The minimum absolute atomic E-state index is 0.00632. The molecule has 0 aromatic heterocycles. The molecule has 164 valence electrons. The minimum Gasteiger partial charge on any atom is -0.376 e. The molecule has 3 aliphatic heterocycles. The molecule has 8 nitrogen and oxygen atoms in total. The topological polar surface area (TPSA) is 91.0 Å². The number of carbonyl (C=O) groups is 3. The van der Waals surface area contributed by atoms with Crippen LogP contribution in [0, 0.1) is 5.82 Å². The predicted octanol–water partition coefficient (Wildman–Crippen LogP) is 1.47. The van der Waals surface area contributed by atoms with Crippen molar-refractivity contribution in [1.29, 1.82) is 0 Å². The molecule has 0 bridgehead atoms. The number of rotatable bonds is 7. The van der Waals surface area contributed by atoms with Gasteiger partial charge in [-0.25, -0.2) is 9.18 Å². The molecule has 3 heterocycles. The molecule has 2 atom stereocenters. The van der Waals surface area contributed by atoms with Gasteiger partial charge >= 0.3 is 6.03 Å². The van der Waals surface area contributed by atoms with Crippen molar-refractivity contribution in [1.82, 2.24) is 20.4 Å². The van der Waals surface area contributed by atoms with Gasteiger partial charge in [0.1, 0.15) is 12.4 Å². The first-order valence-corrected chi connectivity index (χ1v) is 10.3. The Hall–Kier alpha value is -3.20. The lowest BCUT2D eigenvalue weighted by atomic mass is 9.95. The molecule has 9 heteroatoms. The Morgan fingerprint density at radius 2 is 2.23 bits per heavy atom. The fourth-order valence-electron chi connectivity index (χ4n) is 4.20. The van der Waals surface area contributed by atoms with Crippen molar-refractivity contribution in [3.63, 3.8) is 0 Å². The summed E-state index contributed by atoms with van der Waals surface area (Å²) in [6, 6.07) is 4.60. The van der Waals surface area contributed by atoms with Crippen LogP contribution in [0.3, 0.4) is 0 Å². The molecule has 4 rings (SSSR count). The lowest BCUT2D eigenvalue weighted by Crippen LogP contribution is -2.47. The van der Waals surface area contributed by atoms with E-state index in [0.717, 1.165) is 12.8 Å². The average molecular weight is 428 g/mol. The van der Waals surface area contributed by atoms with Crippen LogP contribution in [0.25, 0.3) is 0 Å². The van der Waals surface area contributed by atoms with Gasteiger partial charge in [0, 0.05) is 19.7 Å². The van der Waals surface area contributed by atoms with Gasteiger partial charge in [-0.2, -0.15) is 0 Å².